The van der Waals surface area contributed by atoms with Crippen LogP contribution in [0.2, 0.25) is 0 Å². The molecule has 11 heteroatoms. The van der Waals surface area contributed by atoms with Gasteiger partial charge in [0, 0.05) is 13.6 Å². The van der Waals surface area contributed by atoms with Crippen LogP contribution in [-0.2, 0) is 17.1 Å². The van der Waals surface area contributed by atoms with Gasteiger partial charge in [-0.2, -0.15) is 8.42 Å². The SMILES string of the molecule is COc1cc(C)c(S(=O)(=O)N=CNNCCC[C@H](N)C(=O)c2nc3ccccc3n2C)c(C)c1C. The van der Waals surface area contributed by atoms with E-state index in [-0.39, 0.29) is 10.7 Å². The number of para-hydroxylation sites is 2. The second-order valence-electron chi connectivity index (χ2n) is 8.35. The lowest BCUT2D eigenvalue weighted by Gasteiger charge is -2.14. The van der Waals surface area contributed by atoms with E-state index in [2.05, 4.69) is 20.2 Å². The largest absolute Gasteiger partial charge is 0.496 e. The van der Waals surface area contributed by atoms with Crippen LogP contribution in [0.15, 0.2) is 39.6 Å². The Bertz CT molecular complexity index is 1360. The fourth-order valence-corrected chi connectivity index (χ4v) is 5.27. The number of benzene rings is 2. The molecule has 0 fully saturated rings. The van der Waals surface area contributed by atoms with Crippen molar-refractivity contribution in [3.63, 3.8) is 0 Å². The van der Waals surface area contributed by atoms with Gasteiger partial charge in [-0.1, -0.05) is 12.1 Å². The molecule has 188 valence electrons. The number of hydrazine groups is 1. The molecule has 0 spiro atoms. The first kappa shape index (κ1) is 26.3. The Kier molecular flexibility index (Phi) is 8.26. The molecule has 0 bridgehead atoms. The molecular formula is C24H32N6O4S. The standard InChI is InChI=1S/C24H32N6O4S/c1-15-13-21(34-5)16(2)17(3)23(15)35(32,33)28-14-27-26-12-8-9-18(25)22(31)24-29-19-10-6-7-11-20(19)30(24)4/h6-7,10-11,13-14,18,26H,8-9,12,25H2,1-5H3,(H,27,28)/t18-/m0/s1. The molecule has 0 saturated carbocycles. The number of fused-ring (bicyclic) bond motifs is 1. The number of aryl methyl sites for hydroxylation is 2. The van der Waals surface area contributed by atoms with Crippen LogP contribution in [0.3, 0.4) is 0 Å². The highest BCUT2D eigenvalue weighted by Crippen LogP contribution is 2.31. The Morgan fingerprint density at radius 1 is 1.26 bits per heavy atom. The van der Waals surface area contributed by atoms with Crippen molar-refractivity contribution in [3.05, 3.63) is 52.8 Å². The molecule has 35 heavy (non-hydrogen) atoms. The van der Waals surface area contributed by atoms with Gasteiger partial charge in [0.1, 0.15) is 12.1 Å². The first-order valence-electron chi connectivity index (χ1n) is 11.2. The number of hydrogen-bond acceptors (Lipinski definition) is 7. The predicted octanol–water partition coefficient (Wildman–Crippen LogP) is 2.31. The number of hydrogen-bond donors (Lipinski definition) is 3. The van der Waals surface area contributed by atoms with E-state index in [1.54, 1.807) is 38.6 Å². The quantitative estimate of drug-likeness (QED) is 0.120. The predicted molar refractivity (Wildman–Crippen MR) is 136 cm³/mol. The molecule has 0 aliphatic rings. The minimum atomic E-state index is -3.89. The minimum Gasteiger partial charge on any atom is -0.496 e. The Morgan fingerprint density at radius 2 is 1.97 bits per heavy atom. The molecule has 1 atom stereocenters. The third-order valence-corrected chi connectivity index (χ3v) is 7.50. The molecule has 0 aliphatic carbocycles. The number of carbonyl (C=O) groups is 1. The summed E-state index contributed by atoms with van der Waals surface area (Å²) in [6.45, 7) is 5.70. The number of Topliss-reactive ketones (excluding diaryl/α,β-unsaturated/α-hetero) is 1. The van der Waals surface area contributed by atoms with Crippen molar-refractivity contribution < 1.29 is 17.9 Å². The van der Waals surface area contributed by atoms with Crippen LogP contribution in [0, 0.1) is 20.8 Å². The number of nitrogens with two attached hydrogens (primary N) is 1. The second-order valence-corrected chi connectivity index (χ2v) is 9.92. The van der Waals surface area contributed by atoms with Gasteiger partial charge >= 0.3 is 0 Å². The number of imidazole rings is 1. The van der Waals surface area contributed by atoms with Crippen LogP contribution >= 0.6 is 0 Å². The van der Waals surface area contributed by atoms with E-state index >= 15 is 0 Å². The Labute approximate surface area is 205 Å². The number of nitrogens with one attached hydrogen (secondary N) is 2. The molecule has 1 aromatic heterocycles. The maximum absolute atomic E-state index is 12.7. The van der Waals surface area contributed by atoms with Gasteiger partial charge in [-0.15, -0.1) is 4.40 Å². The molecule has 0 radical (unpaired) electrons. The first-order valence-corrected chi connectivity index (χ1v) is 12.7. The van der Waals surface area contributed by atoms with Gasteiger partial charge in [-0.25, -0.2) is 10.4 Å². The fraction of sp³-hybridized carbons (Fsp3) is 0.375. The highest BCUT2D eigenvalue weighted by atomic mass is 32.2. The Balaban J connectivity index is 1.50. The molecule has 0 unspecified atom stereocenters. The topological polar surface area (TPSA) is 141 Å². The van der Waals surface area contributed by atoms with E-state index in [1.807, 2.05) is 31.2 Å². The molecule has 4 N–H and O–H groups in total. The summed E-state index contributed by atoms with van der Waals surface area (Å²) < 4.78 is 36.2. The highest BCUT2D eigenvalue weighted by Gasteiger charge is 2.22. The molecule has 1 heterocycles. The second kappa shape index (κ2) is 11.0. The molecule has 3 rings (SSSR count). The zero-order chi connectivity index (χ0) is 25.8. The number of nitrogens with zero attached hydrogens (tertiary/aromatic N) is 3. The van der Waals surface area contributed by atoms with Crippen molar-refractivity contribution in [3.8, 4) is 5.75 Å². The third-order valence-electron chi connectivity index (χ3n) is 5.98. The van der Waals surface area contributed by atoms with Crippen molar-refractivity contribution in [2.24, 2.45) is 17.2 Å². The average Bonchev–Trinajstić information content (AvgIpc) is 3.16. The first-order chi connectivity index (χ1) is 16.6. The molecule has 0 amide bonds. The van der Waals surface area contributed by atoms with Gasteiger partial charge in [-0.3, -0.25) is 4.79 Å². The van der Waals surface area contributed by atoms with Crippen molar-refractivity contribution >= 4 is 33.2 Å². The van der Waals surface area contributed by atoms with Crippen molar-refractivity contribution in [1.29, 1.82) is 0 Å². The molecule has 2 aromatic carbocycles. The van der Waals surface area contributed by atoms with E-state index in [9.17, 15) is 13.2 Å². The minimum absolute atomic E-state index is 0.167. The normalized spacial score (nSPS) is 12.9. The number of aromatic nitrogens is 2. The highest BCUT2D eigenvalue weighted by molar-refractivity contribution is 7.90. The van der Waals surface area contributed by atoms with Crippen molar-refractivity contribution in [1.82, 2.24) is 20.4 Å². The van der Waals surface area contributed by atoms with Crippen molar-refractivity contribution in [2.45, 2.75) is 44.6 Å². The summed E-state index contributed by atoms with van der Waals surface area (Å²) in [4.78, 5) is 17.3. The third kappa shape index (κ3) is 5.69. The van der Waals surface area contributed by atoms with E-state index in [4.69, 9.17) is 10.5 Å². The molecular weight excluding hydrogens is 468 g/mol. The van der Waals surface area contributed by atoms with E-state index in [1.165, 1.54) is 0 Å². The van der Waals surface area contributed by atoms with Crippen molar-refractivity contribution in [2.75, 3.05) is 13.7 Å². The van der Waals surface area contributed by atoms with E-state index in [0.717, 1.165) is 22.9 Å². The lowest BCUT2D eigenvalue weighted by Crippen LogP contribution is -2.35. The zero-order valence-electron chi connectivity index (χ0n) is 20.6. The summed E-state index contributed by atoms with van der Waals surface area (Å²) >= 11 is 0. The number of carbonyl (C=O) groups excluding carboxylic acids is 1. The molecule has 3 aromatic rings. The lowest BCUT2D eigenvalue weighted by molar-refractivity contribution is 0.0943. The van der Waals surface area contributed by atoms with Gasteiger partial charge in [0.25, 0.3) is 10.0 Å². The van der Waals surface area contributed by atoms with Gasteiger partial charge in [0.2, 0.25) is 5.78 Å². The van der Waals surface area contributed by atoms with Gasteiger partial charge in [-0.05, 0) is 68.5 Å². The summed E-state index contributed by atoms with van der Waals surface area (Å²) in [6, 6.07) is 8.52. The van der Waals surface area contributed by atoms with E-state index < -0.39 is 16.1 Å². The summed E-state index contributed by atoms with van der Waals surface area (Å²) in [5.74, 6) is 0.752. The zero-order valence-corrected chi connectivity index (χ0v) is 21.4. The molecule has 0 saturated heterocycles. The van der Waals surface area contributed by atoms with Gasteiger partial charge in [0.05, 0.1) is 29.1 Å². The number of sulfonamides is 1. The number of rotatable bonds is 11. The number of ether oxygens (including phenoxy) is 1. The molecule has 0 aliphatic heterocycles. The average molecular weight is 501 g/mol. The molecule has 10 nitrogen and oxygen atoms in total. The summed E-state index contributed by atoms with van der Waals surface area (Å²) in [5, 5.41) is 0. The van der Waals surface area contributed by atoms with Crippen LogP contribution in [0.1, 0.15) is 40.2 Å². The van der Waals surface area contributed by atoms with Crippen LogP contribution in [0.4, 0.5) is 0 Å². The van der Waals surface area contributed by atoms with Crippen LogP contribution in [-0.4, -0.2) is 49.8 Å². The maximum atomic E-state index is 12.7. The Morgan fingerprint density at radius 3 is 2.66 bits per heavy atom. The van der Waals surface area contributed by atoms with Gasteiger partial charge < -0.3 is 20.5 Å². The summed E-state index contributed by atoms with van der Waals surface area (Å²) in [7, 11) is -0.551. The monoisotopic (exact) mass is 500 g/mol. The fourth-order valence-electron chi connectivity index (χ4n) is 3.97. The van der Waals surface area contributed by atoms with Crippen LogP contribution in [0.5, 0.6) is 5.75 Å². The number of methoxy groups -OCH3 is 1. The maximum Gasteiger partial charge on any atom is 0.284 e. The lowest BCUT2D eigenvalue weighted by atomic mass is 10.1. The van der Waals surface area contributed by atoms with Crippen LogP contribution in [0.25, 0.3) is 11.0 Å². The van der Waals surface area contributed by atoms with E-state index in [0.29, 0.717) is 42.1 Å². The summed E-state index contributed by atoms with van der Waals surface area (Å²) in [5.41, 5.74) is 15.2. The number of ketones is 1. The Hall–Kier alpha value is -3.28. The smallest absolute Gasteiger partial charge is 0.284 e. The van der Waals surface area contributed by atoms with Gasteiger partial charge in [0.15, 0.2) is 5.82 Å². The summed E-state index contributed by atoms with van der Waals surface area (Å²) in [6.07, 6.45) is 2.12. The van der Waals surface area contributed by atoms with Crippen LogP contribution < -0.4 is 21.3 Å².